The summed E-state index contributed by atoms with van der Waals surface area (Å²) in [6.07, 6.45) is 0.946. The molecule has 4 N–H and O–H groups in total. The van der Waals surface area contributed by atoms with E-state index < -0.39 is 0 Å². The molecule has 6 heteroatoms. The van der Waals surface area contributed by atoms with Crippen LogP contribution in [0.25, 0.3) is 0 Å². The van der Waals surface area contributed by atoms with Crippen LogP contribution in [0.1, 0.15) is 12.8 Å². The maximum absolute atomic E-state index is 10.5. The summed E-state index contributed by atoms with van der Waals surface area (Å²) in [5.41, 5.74) is 4.19. The van der Waals surface area contributed by atoms with Crippen molar-refractivity contribution in [3.63, 3.8) is 0 Å². The van der Waals surface area contributed by atoms with Crippen LogP contribution in [0.5, 0.6) is 0 Å². The van der Waals surface area contributed by atoms with Gasteiger partial charge in [-0.05, 0) is 6.42 Å². The van der Waals surface area contributed by atoms with Gasteiger partial charge in [0.25, 0.3) is 0 Å². The second-order valence-electron chi connectivity index (χ2n) is 1.81. The fourth-order valence-corrected chi connectivity index (χ4v) is 0.478. The van der Waals surface area contributed by atoms with Crippen molar-refractivity contribution < 1.29 is 14.5 Å². The molecule has 0 spiro atoms. The highest BCUT2D eigenvalue weighted by Gasteiger charge is 1.96. The highest BCUT2D eigenvalue weighted by Crippen LogP contribution is 1.87. The van der Waals surface area contributed by atoms with E-state index in [9.17, 15) is 4.79 Å². The van der Waals surface area contributed by atoms with Crippen molar-refractivity contribution in [2.75, 3.05) is 13.7 Å². The summed E-state index contributed by atoms with van der Waals surface area (Å²) in [5, 5.41) is 0. The maximum atomic E-state index is 10.5. The summed E-state index contributed by atoms with van der Waals surface area (Å²) in [4.78, 5) is 19.6. The lowest BCUT2D eigenvalue weighted by atomic mass is 10.3. The minimum absolute atomic E-state index is 0.203. The van der Waals surface area contributed by atoms with Crippen molar-refractivity contribution in [1.29, 1.82) is 0 Å². The average molecular weight is 163 g/mol. The summed E-state index contributed by atoms with van der Waals surface area (Å²) in [6.45, 7) is 0.404. The number of amides is 1. The Morgan fingerprint density at radius 3 is 2.91 bits per heavy atom. The molecule has 0 rings (SSSR count). The molecule has 0 bridgehead atoms. The van der Waals surface area contributed by atoms with E-state index in [0.29, 0.717) is 19.4 Å². The van der Waals surface area contributed by atoms with E-state index in [2.05, 4.69) is 15.3 Å². The van der Waals surface area contributed by atoms with E-state index in [1.807, 2.05) is 5.43 Å². The molecule has 0 aromatic carbocycles. The average Bonchev–Trinajstić information content (AvgIpc) is 2.04. The topological polar surface area (TPSA) is 85.6 Å². The fourth-order valence-electron chi connectivity index (χ4n) is 0.478. The van der Waals surface area contributed by atoms with Crippen molar-refractivity contribution >= 4 is 5.91 Å². The van der Waals surface area contributed by atoms with E-state index >= 15 is 0 Å². The molecule has 0 unspecified atom stereocenters. The highest BCUT2D eigenvalue weighted by molar-refractivity contribution is 5.75. The summed E-state index contributed by atoms with van der Waals surface area (Å²) in [6, 6.07) is 0. The number of rotatable bonds is 6. The second kappa shape index (κ2) is 7.42. The van der Waals surface area contributed by atoms with E-state index in [0.717, 1.165) is 0 Å². The highest BCUT2D eigenvalue weighted by atomic mass is 16.9. The van der Waals surface area contributed by atoms with Gasteiger partial charge in [-0.3, -0.25) is 19.9 Å². The SMILES string of the molecule is CONOCCCC(=O)NN. The summed E-state index contributed by atoms with van der Waals surface area (Å²) < 4.78 is 0. The molecule has 0 aliphatic rings. The van der Waals surface area contributed by atoms with E-state index in [-0.39, 0.29) is 5.91 Å². The lowest BCUT2D eigenvalue weighted by Gasteiger charge is -2.01. The largest absolute Gasteiger partial charge is 0.294 e. The van der Waals surface area contributed by atoms with Gasteiger partial charge in [0.2, 0.25) is 5.91 Å². The Labute approximate surface area is 64.9 Å². The first-order valence-electron chi connectivity index (χ1n) is 3.20. The van der Waals surface area contributed by atoms with Crippen molar-refractivity contribution in [2.45, 2.75) is 12.8 Å². The molecule has 0 saturated heterocycles. The Bertz CT molecular complexity index is 109. The third-order valence-corrected chi connectivity index (χ3v) is 0.953. The Kier molecular flexibility index (Phi) is 6.95. The maximum Gasteiger partial charge on any atom is 0.233 e. The number of hydrogen-bond donors (Lipinski definition) is 3. The lowest BCUT2D eigenvalue weighted by Crippen LogP contribution is -2.30. The van der Waals surface area contributed by atoms with Gasteiger partial charge >= 0.3 is 0 Å². The molecule has 0 saturated carbocycles. The van der Waals surface area contributed by atoms with Crippen molar-refractivity contribution in [2.24, 2.45) is 5.84 Å². The fraction of sp³-hybridized carbons (Fsp3) is 0.800. The molecule has 0 aliphatic carbocycles. The van der Waals surface area contributed by atoms with Gasteiger partial charge in [0.1, 0.15) is 0 Å². The Hall–Kier alpha value is -0.690. The molecule has 0 radical (unpaired) electrons. The molecule has 11 heavy (non-hydrogen) atoms. The van der Waals surface area contributed by atoms with Gasteiger partial charge in [-0.2, -0.15) is 0 Å². The van der Waals surface area contributed by atoms with E-state index in [4.69, 9.17) is 5.84 Å². The molecule has 0 heterocycles. The minimum Gasteiger partial charge on any atom is -0.294 e. The molecule has 1 amide bonds. The third kappa shape index (κ3) is 7.20. The summed E-state index contributed by atoms with van der Waals surface area (Å²) in [7, 11) is 1.44. The first kappa shape index (κ1) is 10.3. The Balaban J connectivity index is 2.95. The normalized spacial score (nSPS) is 9.64. The first-order chi connectivity index (χ1) is 5.31. The van der Waals surface area contributed by atoms with E-state index in [1.165, 1.54) is 7.11 Å². The molecule has 0 fully saturated rings. The van der Waals surface area contributed by atoms with Gasteiger partial charge in [-0.25, -0.2) is 5.84 Å². The van der Waals surface area contributed by atoms with Gasteiger partial charge in [0, 0.05) is 6.42 Å². The zero-order valence-electron chi connectivity index (χ0n) is 6.42. The van der Waals surface area contributed by atoms with Crippen LogP contribution in [0.15, 0.2) is 0 Å². The summed E-state index contributed by atoms with van der Waals surface area (Å²) >= 11 is 0. The predicted octanol–water partition coefficient (Wildman–Crippen LogP) is -1.16. The van der Waals surface area contributed by atoms with Gasteiger partial charge in [0.15, 0.2) is 0 Å². The minimum atomic E-state index is -0.203. The number of nitrogens with two attached hydrogens (primary N) is 1. The van der Waals surface area contributed by atoms with Crippen LogP contribution in [0.4, 0.5) is 0 Å². The van der Waals surface area contributed by atoms with Crippen molar-refractivity contribution in [1.82, 2.24) is 11.1 Å². The molecule has 0 aromatic heterocycles. The second-order valence-corrected chi connectivity index (χ2v) is 1.81. The van der Waals surface area contributed by atoms with E-state index in [1.54, 1.807) is 0 Å². The van der Waals surface area contributed by atoms with Gasteiger partial charge in [-0.1, -0.05) is 5.64 Å². The van der Waals surface area contributed by atoms with Crippen LogP contribution >= 0.6 is 0 Å². The molecule has 6 nitrogen and oxygen atoms in total. The van der Waals surface area contributed by atoms with Crippen LogP contribution in [-0.2, 0) is 14.5 Å². The smallest absolute Gasteiger partial charge is 0.233 e. The number of carbonyl (C=O) groups excluding carboxylic acids is 1. The number of hydrogen-bond acceptors (Lipinski definition) is 5. The molecule has 0 atom stereocenters. The molecule has 0 aliphatic heterocycles. The summed E-state index contributed by atoms with van der Waals surface area (Å²) in [5.74, 6) is 4.63. The first-order valence-corrected chi connectivity index (χ1v) is 3.20. The van der Waals surface area contributed by atoms with Crippen LogP contribution in [0.2, 0.25) is 0 Å². The zero-order chi connectivity index (χ0) is 8.53. The Morgan fingerprint density at radius 1 is 1.64 bits per heavy atom. The Morgan fingerprint density at radius 2 is 2.36 bits per heavy atom. The van der Waals surface area contributed by atoms with Gasteiger partial charge < -0.3 is 0 Å². The van der Waals surface area contributed by atoms with Crippen LogP contribution in [0, 0.1) is 0 Å². The number of hydrazine groups is 1. The van der Waals surface area contributed by atoms with Crippen molar-refractivity contribution in [3.8, 4) is 0 Å². The van der Waals surface area contributed by atoms with Crippen molar-refractivity contribution in [3.05, 3.63) is 0 Å². The van der Waals surface area contributed by atoms with Gasteiger partial charge in [0.05, 0.1) is 13.7 Å². The molecular weight excluding hydrogens is 150 g/mol. The van der Waals surface area contributed by atoms with Gasteiger partial charge in [-0.15, -0.1) is 0 Å². The van der Waals surface area contributed by atoms with Crippen LogP contribution < -0.4 is 16.9 Å². The standard InChI is InChI=1S/C5H13N3O3/c1-10-8-11-4-2-3-5(9)7-6/h8H,2-4,6H2,1H3,(H,7,9). The molecule has 66 valence electrons. The quantitative estimate of drug-likeness (QED) is 0.199. The predicted molar refractivity (Wildman–Crippen MR) is 37.7 cm³/mol. The third-order valence-electron chi connectivity index (χ3n) is 0.953. The zero-order valence-corrected chi connectivity index (χ0v) is 6.42. The molecular formula is C5H13N3O3. The number of carbonyl (C=O) groups is 1. The van der Waals surface area contributed by atoms with Crippen LogP contribution in [0.3, 0.4) is 0 Å². The van der Waals surface area contributed by atoms with Crippen LogP contribution in [-0.4, -0.2) is 19.6 Å². The molecule has 0 aromatic rings. The lowest BCUT2D eigenvalue weighted by molar-refractivity contribution is -0.153. The monoisotopic (exact) mass is 163 g/mol. The number of nitrogens with one attached hydrogen (secondary N) is 2.